The maximum absolute atomic E-state index is 11.2. The van der Waals surface area contributed by atoms with Gasteiger partial charge < -0.3 is 4.90 Å². The van der Waals surface area contributed by atoms with Crippen molar-refractivity contribution in [3.8, 4) is 0 Å². The number of thioether (sulfide) groups is 1. The minimum absolute atomic E-state index is 0.202. The largest absolute Gasteiger partial charge is 0.308 e. The van der Waals surface area contributed by atoms with Crippen molar-refractivity contribution in [2.24, 2.45) is 0 Å². The second-order valence-electron chi connectivity index (χ2n) is 8.33. The zero-order valence-electron chi connectivity index (χ0n) is 20.0. The number of nitrogens with zero attached hydrogens (tertiary/aromatic N) is 1. The third-order valence-corrected chi connectivity index (χ3v) is 6.58. The maximum atomic E-state index is 11.2. The Bertz CT molecular complexity index is 531. The van der Waals surface area contributed by atoms with Crippen LogP contribution < -0.4 is 0 Å². The van der Waals surface area contributed by atoms with Gasteiger partial charge in [0.15, 0.2) is 0 Å². The second-order valence-corrected chi connectivity index (χ2v) is 11.4. The molecule has 0 aromatic rings. The van der Waals surface area contributed by atoms with Crippen LogP contribution in [0.2, 0.25) is 0 Å². The molecule has 0 radical (unpaired) electrons. The standard InChI is InChI=1S/C24H47NO3S2/c1-5-6-7-8-9-10-11-12-13-14-15-16-17-18-19-20-21-29-24(22-25(2)3)23-28-30(4,26)27/h9-10,12-13,24H,5-8,11,14-23H2,1-4H3/b10-9-,13-12-. The van der Waals surface area contributed by atoms with Crippen molar-refractivity contribution in [3.05, 3.63) is 24.3 Å². The Balaban J connectivity index is 3.57. The van der Waals surface area contributed by atoms with Gasteiger partial charge in [-0.2, -0.15) is 20.2 Å². The predicted octanol–water partition coefficient (Wildman–Crippen LogP) is 6.44. The molecular weight excluding hydrogens is 414 g/mol. The van der Waals surface area contributed by atoms with E-state index in [1.54, 1.807) is 0 Å². The summed E-state index contributed by atoms with van der Waals surface area (Å²) in [7, 11) is 0.660. The van der Waals surface area contributed by atoms with Gasteiger partial charge in [0, 0.05) is 11.8 Å². The molecule has 6 heteroatoms. The van der Waals surface area contributed by atoms with Crippen molar-refractivity contribution in [3.63, 3.8) is 0 Å². The monoisotopic (exact) mass is 461 g/mol. The van der Waals surface area contributed by atoms with Crippen LogP contribution in [0, 0.1) is 0 Å². The maximum Gasteiger partial charge on any atom is 0.264 e. The SMILES string of the molecule is CCCCC/C=C\C/C=C\CCCCCCCCSC(COS(C)(=O)=O)CN(C)C. The van der Waals surface area contributed by atoms with Gasteiger partial charge >= 0.3 is 0 Å². The molecule has 1 atom stereocenters. The van der Waals surface area contributed by atoms with Gasteiger partial charge in [-0.1, -0.05) is 69.8 Å². The zero-order chi connectivity index (χ0) is 22.5. The molecule has 0 N–H and O–H groups in total. The van der Waals surface area contributed by atoms with E-state index in [4.69, 9.17) is 4.18 Å². The number of allylic oxidation sites excluding steroid dienone is 4. The molecule has 178 valence electrons. The summed E-state index contributed by atoms with van der Waals surface area (Å²) in [5.74, 6) is 1.07. The van der Waals surface area contributed by atoms with Crippen LogP contribution in [0.15, 0.2) is 24.3 Å². The van der Waals surface area contributed by atoms with Gasteiger partial charge in [-0.3, -0.25) is 4.18 Å². The highest BCUT2D eigenvalue weighted by atomic mass is 32.2. The summed E-state index contributed by atoms with van der Waals surface area (Å²) < 4.78 is 27.4. The summed E-state index contributed by atoms with van der Waals surface area (Å²) in [6, 6.07) is 0. The van der Waals surface area contributed by atoms with Crippen molar-refractivity contribution in [2.75, 3.05) is 39.3 Å². The smallest absolute Gasteiger partial charge is 0.264 e. The summed E-state index contributed by atoms with van der Waals surface area (Å²) in [6.07, 6.45) is 25.5. The van der Waals surface area contributed by atoms with Crippen LogP contribution in [0.25, 0.3) is 0 Å². The van der Waals surface area contributed by atoms with Crippen molar-refractivity contribution < 1.29 is 12.6 Å². The fourth-order valence-electron chi connectivity index (χ4n) is 3.10. The average molecular weight is 462 g/mol. The molecule has 1 unspecified atom stereocenters. The van der Waals surface area contributed by atoms with Crippen molar-refractivity contribution in [1.82, 2.24) is 4.90 Å². The van der Waals surface area contributed by atoms with Crippen molar-refractivity contribution >= 4 is 21.9 Å². The highest BCUT2D eigenvalue weighted by Gasteiger charge is 2.14. The van der Waals surface area contributed by atoms with Gasteiger partial charge in [-0.05, 0) is 58.4 Å². The number of unbranched alkanes of at least 4 members (excludes halogenated alkanes) is 9. The molecule has 4 nitrogen and oxygen atoms in total. The van der Waals surface area contributed by atoms with Crippen LogP contribution in [-0.2, 0) is 14.3 Å². The molecule has 0 aliphatic heterocycles. The topological polar surface area (TPSA) is 46.6 Å². The Morgan fingerprint density at radius 1 is 0.867 bits per heavy atom. The Morgan fingerprint density at radius 2 is 1.43 bits per heavy atom. The summed E-state index contributed by atoms with van der Waals surface area (Å²) in [6.45, 7) is 3.35. The first-order valence-electron chi connectivity index (χ1n) is 11.8. The molecular formula is C24H47NO3S2. The van der Waals surface area contributed by atoms with Crippen LogP contribution >= 0.6 is 11.8 Å². The molecule has 0 fully saturated rings. The lowest BCUT2D eigenvalue weighted by Gasteiger charge is -2.20. The predicted molar refractivity (Wildman–Crippen MR) is 135 cm³/mol. The molecule has 0 saturated carbocycles. The Kier molecular flexibility index (Phi) is 20.4. The molecule has 0 saturated heterocycles. The molecule has 0 aromatic heterocycles. The van der Waals surface area contributed by atoms with E-state index in [-0.39, 0.29) is 11.9 Å². The lowest BCUT2D eigenvalue weighted by molar-refractivity contribution is 0.293. The van der Waals surface area contributed by atoms with Gasteiger partial charge in [0.05, 0.1) is 12.9 Å². The number of hydrogen-bond donors (Lipinski definition) is 0. The molecule has 0 aromatic carbocycles. The van der Waals surface area contributed by atoms with Crippen LogP contribution in [-0.4, -0.2) is 57.8 Å². The van der Waals surface area contributed by atoms with Gasteiger partial charge in [0.1, 0.15) is 0 Å². The van der Waals surface area contributed by atoms with Crippen molar-refractivity contribution in [2.45, 2.75) is 89.2 Å². The van der Waals surface area contributed by atoms with E-state index >= 15 is 0 Å². The van der Waals surface area contributed by atoms with Gasteiger partial charge in [-0.15, -0.1) is 0 Å². The first-order valence-corrected chi connectivity index (χ1v) is 14.6. The quantitative estimate of drug-likeness (QED) is 0.112. The summed E-state index contributed by atoms with van der Waals surface area (Å²) in [4.78, 5) is 2.08. The molecule has 0 aliphatic rings. The fraction of sp³-hybridized carbons (Fsp3) is 0.833. The van der Waals surface area contributed by atoms with Crippen LogP contribution in [0.3, 0.4) is 0 Å². The van der Waals surface area contributed by atoms with E-state index < -0.39 is 10.1 Å². The fourth-order valence-corrected chi connectivity index (χ4v) is 4.87. The van der Waals surface area contributed by atoms with Crippen LogP contribution in [0.4, 0.5) is 0 Å². The highest BCUT2D eigenvalue weighted by Crippen LogP contribution is 2.17. The average Bonchev–Trinajstić information content (AvgIpc) is 2.67. The normalized spacial score (nSPS) is 13.8. The molecule has 0 aliphatic carbocycles. The first-order chi connectivity index (χ1) is 14.3. The third kappa shape index (κ3) is 24.0. The van der Waals surface area contributed by atoms with Gasteiger partial charge in [0.25, 0.3) is 10.1 Å². The van der Waals surface area contributed by atoms with E-state index in [2.05, 4.69) is 36.1 Å². The van der Waals surface area contributed by atoms with E-state index in [0.29, 0.717) is 0 Å². The first kappa shape index (κ1) is 29.7. The summed E-state index contributed by atoms with van der Waals surface area (Å²) in [5.41, 5.74) is 0. The van der Waals surface area contributed by atoms with Crippen LogP contribution in [0.1, 0.15) is 84.0 Å². The van der Waals surface area contributed by atoms with E-state index in [1.165, 1.54) is 70.6 Å². The van der Waals surface area contributed by atoms with E-state index in [0.717, 1.165) is 25.0 Å². The molecule has 30 heavy (non-hydrogen) atoms. The Labute approximate surface area is 192 Å². The molecule has 0 bridgehead atoms. The number of rotatable bonds is 21. The summed E-state index contributed by atoms with van der Waals surface area (Å²) >= 11 is 1.83. The molecule has 0 amide bonds. The molecule has 0 rings (SSSR count). The molecule has 0 spiro atoms. The lowest BCUT2D eigenvalue weighted by atomic mass is 10.1. The minimum Gasteiger partial charge on any atom is -0.308 e. The van der Waals surface area contributed by atoms with Crippen LogP contribution in [0.5, 0.6) is 0 Å². The zero-order valence-corrected chi connectivity index (χ0v) is 21.6. The minimum atomic E-state index is -3.36. The Morgan fingerprint density at radius 3 is 2.00 bits per heavy atom. The van der Waals surface area contributed by atoms with Gasteiger partial charge in [-0.25, -0.2) is 0 Å². The number of hydrogen-bond acceptors (Lipinski definition) is 5. The van der Waals surface area contributed by atoms with Crippen molar-refractivity contribution in [1.29, 1.82) is 0 Å². The second kappa shape index (κ2) is 20.6. The lowest BCUT2D eigenvalue weighted by Crippen LogP contribution is -2.28. The molecule has 0 heterocycles. The third-order valence-electron chi connectivity index (χ3n) is 4.74. The van der Waals surface area contributed by atoms with Gasteiger partial charge in [0.2, 0.25) is 0 Å². The van der Waals surface area contributed by atoms with E-state index in [1.807, 2.05) is 25.9 Å². The highest BCUT2D eigenvalue weighted by molar-refractivity contribution is 8.00. The summed E-state index contributed by atoms with van der Waals surface area (Å²) in [5, 5.41) is 0.202. The Hall–Kier alpha value is -0.300. The van der Waals surface area contributed by atoms with E-state index in [9.17, 15) is 8.42 Å².